The van der Waals surface area contributed by atoms with Gasteiger partial charge in [-0.2, -0.15) is 4.98 Å². The van der Waals surface area contributed by atoms with E-state index in [0.29, 0.717) is 11.1 Å². The van der Waals surface area contributed by atoms with Gasteiger partial charge in [-0.1, -0.05) is 41.6 Å². The summed E-state index contributed by atoms with van der Waals surface area (Å²) < 4.78 is 11.2. The zero-order valence-electron chi connectivity index (χ0n) is 13.9. The molecule has 0 unspecified atom stereocenters. The summed E-state index contributed by atoms with van der Waals surface area (Å²) in [5.41, 5.74) is 2.90. The molecule has 0 aliphatic carbocycles. The molecule has 1 amide bonds. The average Bonchev–Trinajstić information content (AvgIpc) is 3.07. The van der Waals surface area contributed by atoms with Crippen LogP contribution in [-0.2, 0) is 16.2 Å². The van der Waals surface area contributed by atoms with Gasteiger partial charge in [-0.3, -0.25) is 4.79 Å². The van der Waals surface area contributed by atoms with E-state index in [9.17, 15) is 4.79 Å². The molecule has 1 heterocycles. The van der Waals surface area contributed by atoms with E-state index >= 15 is 0 Å². The molecule has 0 aliphatic heterocycles. The molecule has 25 heavy (non-hydrogen) atoms. The standard InChI is InChI=1S/C18H17N3O4/c1-19-17(22)16(21-23-2)13-8-4-3-7-12(13)11-24-18-20-14-9-5-6-10-15(14)25-18/h3-10H,11H2,1-2H3,(H,19,22)/b21-16-. The fourth-order valence-electron chi connectivity index (χ4n) is 2.35. The molecule has 7 nitrogen and oxygen atoms in total. The lowest BCUT2D eigenvalue weighted by atomic mass is 10.0. The van der Waals surface area contributed by atoms with Crippen molar-refractivity contribution in [3.63, 3.8) is 0 Å². The highest BCUT2D eigenvalue weighted by atomic mass is 16.6. The zero-order valence-corrected chi connectivity index (χ0v) is 13.9. The minimum atomic E-state index is -0.351. The van der Waals surface area contributed by atoms with E-state index < -0.39 is 0 Å². The lowest BCUT2D eigenvalue weighted by Gasteiger charge is -2.10. The number of carbonyl (C=O) groups is 1. The first-order chi connectivity index (χ1) is 12.2. The van der Waals surface area contributed by atoms with Crippen molar-refractivity contribution in [2.24, 2.45) is 5.16 Å². The van der Waals surface area contributed by atoms with Gasteiger partial charge < -0.3 is 19.3 Å². The Hall–Kier alpha value is -3.35. The predicted molar refractivity (Wildman–Crippen MR) is 92.4 cm³/mol. The second-order valence-electron chi connectivity index (χ2n) is 5.09. The highest BCUT2D eigenvalue weighted by Crippen LogP contribution is 2.21. The van der Waals surface area contributed by atoms with Gasteiger partial charge in [0.2, 0.25) is 0 Å². The molecule has 128 valence electrons. The minimum Gasteiger partial charge on any atom is -0.445 e. The maximum absolute atomic E-state index is 12.1. The molecule has 0 saturated carbocycles. The van der Waals surface area contributed by atoms with Crippen LogP contribution in [-0.4, -0.2) is 30.8 Å². The van der Waals surface area contributed by atoms with Crippen molar-refractivity contribution in [3.05, 3.63) is 59.7 Å². The number of benzene rings is 2. The molecule has 0 saturated heterocycles. The van der Waals surface area contributed by atoms with Crippen LogP contribution in [0.4, 0.5) is 0 Å². The van der Waals surface area contributed by atoms with Gasteiger partial charge in [-0.05, 0) is 17.7 Å². The Bertz CT molecular complexity index is 884. The monoisotopic (exact) mass is 339 g/mol. The number of hydrogen-bond acceptors (Lipinski definition) is 6. The van der Waals surface area contributed by atoms with E-state index in [2.05, 4.69) is 15.5 Å². The molecule has 0 fully saturated rings. The van der Waals surface area contributed by atoms with E-state index in [-0.39, 0.29) is 24.3 Å². The fourth-order valence-corrected chi connectivity index (χ4v) is 2.35. The number of carbonyl (C=O) groups excluding carboxylic acids is 1. The number of oxime groups is 1. The van der Waals surface area contributed by atoms with Crippen LogP contribution in [0.25, 0.3) is 11.1 Å². The number of aromatic nitrogens is 1. The molecule has 3 aromatic rings. The Kier molecular flexibility index (Phi) is 4.94. The summed E-state index contributed by atoms with van der Waals surface area (Å²) in [5, 5.41) is 6.37. The van der Waals surface area contributed by atoms with Crippen LogP contribution in [0, 0.1) is 0 Å². The van der Waals surface area contributed by atoms with Gasteiger partial charge in [0, 0.05) is 12.6 Å². The first kappa shape index (κ1) is 16.5. The summed E-state index contributed by atoms with van der Waals surface area (Å²) >= 11 is 0. The van der Waals surface area contributed by atoms with E-state index in [1.807, 2.05) is 42.5 Å². The molecule has 0 spiro atoms. The molecule has 1 N–H and O–H groups in total. The number of nitrogens with zero attached hydrogens (tertiary/aromatic N) is 2. The highest BCUT2D eigenvalue weighted by Gasteiger charge is 2.18. The molecular formula is C18H17N3O4. The fraction of sp³-hybridized carbons (Fsp3) is 0.167. The Morgan fingerprint density at radius 3 is 2.72 bits per heavy atom. The van der Waals surface area contributed by atoms with Crippen LogP contribution >= 0.6 is 0 Å². The third kappa shape index (κ3) is 3.60. The quantitative estimate of drug-likeness (QED) is 0.551. The molecule has 3 rings (SSSR count). The first-order valence-corrected chi connectivity index (χ1v) is 7.63. The van der Waals surface area contributed by atoms with Crippen LogP contribution in [0.15, 0.2) is 58.1 Å². The number of para-hydroxylation sites is 2. The van der Waals surface area contributed by atoms with Crippen LogP contribution in [0.5, 0.6) is 6.08 Å². The molecule has 0 bridgehead atoms. The Labute approximate surface area is 144 Å². The van der Waals surface area contributed by atoms with Crippen molar-refractivity contribution in [1.82, 2.24) is 10.3 Å². The van der Waals surface area contributed by atoms with Crippen molar-refractivity contribution in [3.8, 4) is 6.08 Å². The Balaban J connectivity index is 1.85. The number of fused-ring (bicyclic) bond motifs is 1. The molecule has 1 aromatic heterocycles. The molecule has 0 radical (unpaired) electrons. The molecule has 0 aliphatic rings. The second kappa shape index (κ2) is 7.48. The number of oxazole rings is 1. The van der Waals surface area contributed by atoms with E-state index in [0.717, 1.165) is 11.1 Å². The number of amides is 1. The van der Waals surface area contributed by atoms with Gasteiger partial charge in [0.25, 0.3) is 5.91 Å². The summed E-state index contributed by atoms with van der Waals surface area (Å²) in [6.07, 6.45) is 0.168. The summed E-state index contributed by atoms with van der Waals surface area (Å²) in [6.45, 7) is 0.169. The smallest absolute Gasteiger partial charge is 0.394 e. The topological polar surface area (TPSA) is 86.0 Å². The van der Waals surface area contributed by atoms with Crippen molar-refractivity contribution >= 4 is 22.7 Å². The predicted octanol–water partition coefficient (Wildman–Crippen LogP) is 2.50. The first-order valence-electron chi connectivity index (χ1n) is 7.63. The van der Waals surface area contributed by atoms with Gasteiger partial charge in [0.15, 0.2) is 11.3 Å². The maximum atomic E-state index is 12.1. The average molecular weight is 339 g/mol. The van der Waals surface area contributed by atoms with Crippen LogP contribution in [0.3, 0.4) is 0 Å². The van der Waals surface area contributed by atoms with Gasteiger partial charge >= 0.3 is 6.08 Å². The van der Waals surface area contributed by atoms with Crippen LogP contribution < -0.4 is 10.1 Å². The zero-order chi connectivity index (χ0) is 17.6. The number of ether oxygens (including phenoxy) is 1. The van der Waals surface area contributed by atoms with Crippen molar-refractivity contribution in [2.45, 2.75) is 6.61 Å². The van der Waals surface area contributed by atoms with E-state index in [1.165, 1.54) is 14.2 Å². The lowest BCUT2D eigenvalue weighted by molar-refractivity contribution is -0.114. The van der Waals surface area contributed by atoms with Gasteiger partial charge in [0.05, 0.1) is 0 Å². The summed E-state index contributed by atoms with van der Waals surface area (Å²) in [5.74, 6) is -0.351. The van der Waals surface area contributed by atoms with Gasteiger partial charge in [-0.25, -0.2) is 0 Å². The third-order valence-electron chi connectivity index (χ3n) is 3.52. The SMILES string of the molecule is CNC(=O)/C(=N\OC)c1ccccc1COc1nc2ccccc2o1. The number of hydrogen-bond donors (Lipinski definition) is 1. The largest absolute Gasteiger partial charge is 0.445 e. The van der Waals surface area contributed by atoms with Gasteiger partial charge in [0.1, 0.15) is 19.2 Å². The minimum absolute atomic E-state index is 0.168. The Morgan fingerprint density at radius 2 is 1.96 bits per heavy atom. The highest BCUT2D eigenvalue weighted by molar-refractivity contribution is 6.45. The third-order valence-corrected chi connectivity index (χ3v) is 3.52. The van der Waals surface area contributed by atoms with Gasteiger partial charge in [-0.15, -0.1) is 0 Å². The summed E-state index contributed by atoms with van der Waals surface area (Å²) in [6, 6.07) is 14.7. The molecule has 2 aromatic carbocycles. The van der Waals surface area contributed by atoms with Crippen LogP contribution in [0.1, 0.15) is 11.1 Å². The number of nitrogens with one attached hydrogen (secondary N) is 1. The summed E-state index contributed by atoms with van der Waals surface area (Å²) in [7, 11) is 2.92. The summed E-state index contributed by atoms with van der Waals surface area (Å²) in [4.78, 5) is 21.1. The number of rotatable bonds is 6. The van der Waals surface area contributed by atoms with E-state index in [4.69, 9.17) is 14.0 Å². The van der Waals surface area contributed by atoms with Crippen LogP contribution in [0.2, 0.25) is 0 Å². The normalized spacial score (nSPS) is 11.4. The Morgan fingerprint density at radius 1 is 1.20 bits per heavy atom. The lowest BCUT2D eigenvalue weighted by Crippen LogP contribution is -2.29. The molecular weight excluding hydrogens is 322 g/mol. The molecule has 0 atom stereocenters. The molecule has 7 heteroatoms. The van der Waals surface area contributed by atoms with Crippen molar-refractivity contribution in [2.75, 3.05) is 14.2 Å². The second-order valence-corrected chi connectivity index (χ2v) is 5.09. The number of likely N-dealkylation sites (N-methyl/N-ethyl adjacent to an activating group) is 1. The van der Waals surface area contributed by atoms with Crippen molar-refractivity contribution in [1.29, 1.82) is 0 Å². The van der Waals surface area contributed by atoms with Crippen molar-refractivity contribution < 1.29 is 18.8 Å². The maximum Gasteiger partial charge on any atom is 0.394 e. The van der Waals surface area contributed by atoms with E-state index in [1.54, 1.807) is 6.07 Å².